The molecule has 0 N–H and O–H groups in total. The summed E-state index contributed by atoms with van der Waals surface area (Å²) in [4.78, 5) is 4.90. The summed E-state index contributed by atoms with van der Waals surface area (Å²) in [7, 11) is -6.40. The summed E-state index contributed by atoms with van der Waals surface area (Å²) in [5.74, 6) is 1.07. The second-order valence-corrected chi connectivity index (χ2v) is 33.4. The summed E-state index contributed by atoms with van der Waals surface area (Å²) in [5, 5.41) is -2.18. The Bertz CT molecular complexity index is 7030. The van der Waals surface area contributed by atoms with Crippen LogP contribution in [0.3, 0.4) is 0 Å². The minimum absolute atomic E-state index is 0. The Morgan fingerprint density at radius 1 is 0.515 bits per heavy atom. The Morgan fingerprint density at radius 2 is 1.11 bits per heavy atom. The molecule has 5 nitrogen and oxygen atoms in total. The molecule has 0 radical (unpaired) electrons. The Kier molecular flexibility index (Phi) is 10.9. The third-order valence-electron chi connectivity index (χ3n) is 20.6. The van der Waals surface area contributed by atoms with Crippen LogP contribution in [0.25, 0.3) is 106 Å². The molecule has 510 valence electrons. The van der Waals surface area contributed by atoms with E-state index in [1.165, 1.54) is 18.2 Å². The van der Waals surface area contributed by atoms with Gasteiger partial charge in [-0.05, 0) is 205 Å². The molecule has 3 aromatic heterocycles. The number of aromatic nitrogens is 4. The molecule has 0 unspecified atom stereocenters. The molecule has 0 saturated heterocycles. The van der Waals surface area contributed by atoms with Gasteiger partial charge in [0.2, 0.25) is 0 Å². The molecule has 0 amide bonds. The molecule has 1 aliphatic heterocycles. The monoisotopic (exact) mass is 1560 g/mol. The molecule has 17 rings (SSSR count). The molecule has 15 aromatic rings. The summed E-state index contributed by atoms with van der Waals surface area (Å²) < 4.78 is 253. The van der Waals surface area contributed by atoms with E-state index in [2.05, 4.69) is 85.1 Å². The number of nitrogens with zero attached hydrogens (tertiary/aromatic N) is 4. The Hall–Kier alpha value is -10.2. The van der Waals surface area contributed by atoms with Gasteiger partial charge in [0.25, 0.3) is 6.33 Å². The standard InChI is InChI=1S/C96H84N4OSi.Pt/c1-62-29-26-30-63(2)90(62)66-53-82-80-60-84-83(95(9,10)48-49-96(84,11)12)59-79(80)75-41-22-23-42-76(75)81-52-65(64-31-27-40-74(51-64)102(71-34-16-13-17-35-71,72-36-18-14-19-37-72)73-38-20-15-21-39-73)55-88-92(81)99(91(82)85(54-66)94(6,7)8)61-98(88)68-32-28-33-69(57-68)101-70-45-46-78-77-43-24-25-44-86(77)100(87(78)58-70)89-56-67(47-50-97-89)93(3,4)5;/h13-47,50-56,59-60H,48-49H2,1-12H3;/q-2;/i1D3,2D3,13D,14D,15D,16D,17D,18D,19D,20D,21D,27D,31D,34D,35D,36D,37D,38D,39D,40D,51D;. The summed E-state index contributed by atoms with van der Waals surface area (Å²) >= 11 is 0. The number of benzene rings is 12. The molecule has 0 saturated carbocycles. The number of pyridine rings is 1. The third kappa shape index (κ3) is 11.3. The van der Waals surface area contributed by atoms with Crippen molar-refractivity contribution in [2.75, 3.05) is 0 Å². The van der Waals surface area contributed by atoms with Crippen molar-refractivity contribution >= 4 is 61.7 Å². The van der Waals surface area contributed by atoms with Crippen molar-refractivity contribution < 1.29 is 64.6 Å². The van der Waals surface area contributed by atoms with Gasteiger partial charge < -0.3 is 13.9 Å². The van der Waals surface area contributed by atoms with Crippen molar-refractivity contribution in [3.8, 4) is 84.3 Å². The minimum Gasteiger partial charge on any atom is -0.510 e. The van der Waals surface area contributed by atoms with Crippen LogP contribution in [0.4, 0.5) is 0 Å². The SMILES string of the molecule is [2H]c1c([2H])c([2H])c([Si](c2c([2H])c([2H])c([2H])c([2H])c2[2H])(c2c([2H])c([2H])c([2H])c([2H])c2[2H])c2c([2H])c([2H])c([2H])c(-c3cc4c5c(c3)n(-c3[c-]c(Oc6[c-]c7c(cc6)c6ccccc6n7-c6cc(C(C)(C)C)ccn6)ccc3)[c-][n+]5-c3c(cc(-c5c(C([2H])([2H])[2H])cccc5C([2H])([2H])[2H])cc3C(C)(C)C)-c3cc5c(cc3-c3ccccc3-4)C(C)(C)CCC5(C)C)c2[2H])c([2H])c1[2H].[Pt]. The largest absolute Gasteiger partial charge is 0.510 e. The molecule has 0 spiro atoms. The molecule has 7 heteroatoms. The zero-order valence-electron chi connectivity index (χ0n) is 83.4. The van der Waals surface area contributed by atoms with Crippen LogP contribution >= 0.6 is 0 Å². The topological polar surface area (TPSA) is 35.9 Å². The van der Waals surface area contributed by atoms with Crippen molar-refractivity contribution in [2.45, 2.75) is 117 Å². The maximum atomic E-state index is 11.3. The average Bonchev–Trinajstić information content (AvgIpc) is 1.01. The number of imidazole rings is 1. The summed E-state index contributed by atoms with van der Waals surface area (Å²) in [6.45, 7) is 15.4. The second-order valence-electron chi connectivity index (χ2n) is 29.9. The number of hydrogen-bond donors (Lipinski definition) is 0. The van der Waals surface area contributed by atoms with Crippen molar-refractivity contribution in [3.05, 3.63) is 318 Å². The number of fused-ring (bicyclic) bond motifs is 11. The Morgan fingerprint density at radius 3 is 1.75 bits per heavy atom. The van der Waals surface area contributed by atoms with Crippen molar-refractivity contribution in [1.29, 1.82) is 0 Å². The molecule has 12 aromatic carbocycles. The van der Waals surface area contributed by atoms with Gasteiger partial charge in [0, 0.05) is 52.5 Å². The smallest absolute Gasteiger partial charge is 0.268 e. The van der Waals surface area contributed by atoms with E-state index in [1.807, 2.05) is 103 Å². The van der Waals surface area contributed by atoms with Crippen LogP contribution in [-0.2, 0) is 42.7 Å². The van der Waals surface area contributed by atoms with Crippen LogP contribution in [0, 0.1) is 32.2 Å². The van der Waals surface area contributed by atoms with Gasteiger partial charge in [0.1, 0.15) is 5.82 Å². The molecule has 0 bridgehead atoms. The Balaban J connectivity index is 0.0000120. The van der Waals surface area contributed by atoms with Gasteiger partial charge >= 0.3 is 0 Å². The van der Waals surface area contributed by atoms with Crippen molar-refractivity contribution in [1.82, 2.24) is 14.1 Å². The van der Waals surface area contributed by atoms with E-state index in [4.69, 9.17) is 22.1 Å². The fourth-order valence-electron chi connectivity index (χ4n) is 15.3. The van der Waals surface area contributed by atoms with Crippen LogP contribution in [0.15, 0.2) is 267 Å². The first-order valence-corrected chi connectivity index (χ1v) is 36.1. The van der Waals surface area contributed by atoms with E-state index in [0.29, 0.717) is 61.5 Å². The maximum absolute atomic E-state index is 11.3. The van der Waals surface area contributed by atoms with E-state index in [-0.39, 0.29) is 77.0 Å². The average molecular weight is 1560 g/mol. The predicted octanol–water partition coefficient (Wildman–Crippen LogP) is 21.2. The molecular weight excluding hydrogens is 1450 g/mol. The number of para-hydroxylation sites is 1. The molecule has 0 atom stereocenters. The predicted molar refractivity (Wildman–Crippen MR) is 426 cm³/mol. The van der Waals surface area contributed by atoms with Crippen molar-refractivity contribution in [3.63, 3.8) is 0 Å². The van der Waals surface area contributed by atoms with Crippen LogP contribution in [0.1, 0.15) is 150 Å². The first-order valence-electron chi connectivity index (χ1n) is 46.6. The van der Waals surface area contributed by atoms with Crippen LogP contribution < -0.4 is 30.1 Å². The maximum Gasteiger partial charge on any atom is 0.268 e. The van der Waals surface area contributed by atoms with Crippen molar-refractivity contribution in [2.24, 2.45) is 0 Å². The van der Waals surface area contributed by atoms with Gasteiger partial charge in [-0.25, -0.2) is 4.98 Å². The number of rotatable bonds is 10. The molecule has 4 heterocycles. The normalized spacial score (nSPS) is 17.5. The molecule has 103 heavy (non-hydrogen) atoms. The minimum atomic E-state index is -6.40. The molecule has 0 fully saturated rings. The van der Waals surface area contributed by atoms with Crippen LogP contribution in [-0.4, -0.2) is 22.2 Å². The first kappa shape index (κ1) is 44.3. The van der Waals surface area contributed by atoms with Crippen LogP contribution in [0.5, 0.6) is 11.5 Å². The van der Waals surface area contributed by atoms with Gasteiger partial charge in [-0.2, -0.15) is 18.2 Å². The quantitative estimate of drug-likeness (QED) is 0.0592. The molecular formula is C96H84N4OPtSi-2. The van der Waals surface area contributed by atoms with Gasteiger partial charge in [0.15, 0.2) is 8.07 Å². The number of hydrogen-bond acceptors (Lipinski definition) is 2. The van der Waals surface area contributed by atoms with E-state index in [9.17, 15) is 21.9 Å². The number of aryl methyl sites for hydroxylation is 2. The molecule has 2 aliphatic rings. The zero-order chi connectivity index (χ0) is 91.7. The molecule has 1 aliphatic carbocycles. The van der Waals surface area contributed by atoms with E-state index < -0.39 is 179 Å². The fraction of sp³-hybridized carbons (Fsp3) is 0.188. The van der Waals surface area contributed by atoms with Gasteiger partial charge in [-0.1, -0.05) is 268 Å². The van der Waals surface area contributed by atoms with Crippen LogP contribution in [0.2, 0.25) is 0 Å². The van der Waals surface area contributed by atoms with Gasteiger partial charge in [-0.15, -0.1) is 29.7 Å². The zero-order valence-corrected chi connectivity index (χ0v) is 61.6. The fourth-order valence-corrected chi connectivity index (χ4v) is 18.8. The third-order valence-corrected chi connectivity index (χ3v) is 24.6. The van der Waals surface area contributed by atoms with E-state index in [1.54, 1.807) is 47.2 Å². The summed E-state index contributed by atoms with van der Waals surface area (Å²) in [6, 6.07) is 30.4. The number of ether oxygens (including phenoxy) is 1. The van der Waals surface area contributed by atoms with Gasteiger partial charge in [0.05, 0.1) is 42.8 Å². The Labute approximate surface area is 657 Å². The first-order chi connectivity index (χ1) is 59.4. The second kappa shape index (κ2) is 25.3. The summed E-state index contributed by atoms with van der Waals surface area (Å²) in [5.41, 5.74) is 6.54. The van der Waals surface area contributed by atoms with E-state index >= 15 is 0 Å². The van der Waals surface area contributed by atoms with Gasteiger partial charge in [-0.3, -0.25) is 4.57 Å². The summed E-state index contributed by atoms with van der Waals surface area (Å²) in [6.07, 6.45) is 7.12. The van der Waals surface area contributed by atoms with E-state index in [0.717, 1.165) is 45.8 Å².